The van der Waals surface area contributed by atoms with Crippen LogP contribution in [0.25, 0.3) is 11.4 Å². The molecule has 1 N–H and O–H groups in total. The van der Waals surface area contributed by atoms with Crippen molar-refractivity contribution in [3.8, 4) is 11.4 Å². The van der Waals surface area contributed by atoms with Gasteiger partial charge < -0.3 is 5.32 Å². The summed E-state index contributed by atoms with van der Waals surface area (Å²) in [5.74, 6) is 0.696. The Balaban J connectivity index is 2.36. The maximum absolute atomic E-state index is 4.44. The van der Waals surface area contributed by atoms with Crippen molar-refractivity contribution in [2.75, 3.05) is 7.05 Å². The van der Waals surface area contributed by atoms with Crippen molar-refractivity contribution in [1.82, 2.24) is 20.3 Å². The van der Waals surface area contributed by atoms with E-state index in [0.717, 1.165) is 22.3 Å². The van der Waals surface area contributed by atoms with Crippen molar-refractivity contribution in [3.63, 3.8) is 0 Å². The molecule has 0 aliphatic heterocycles. The monoisotopic (exact) mass is 278 g/mol. The maximum Gasteiger partial charge on any atom is 0.161 e. The lowest BCUT2D eigenvalue weighted by atomic mass is 10.2. The fourth-order valence-electron chi connectivity index (χ4n) is 1.35. The fraction of sp³-hybridized carbons (Fsp3) is 0.182. The Hall–Kier alpha value is -1.33. The van der Waals surface area contributed by atoms with Gasteiger partial charge in [-0.15, -0.1) is 0 Å². The van der Waals surface area contributed by atoms with Gasteiger partial charge >= 0.3 is 0 Å². The van der Waals surface area contributed by atoms with Gasteiger partial charge in [0.25, 0.3) is 0 Å². The number of nitrogens with one attached hydrogen (secondary N) is 1. The zero-order chi connectivity index (χ0) is 11.4. The van der Waals surface area contributed by atoms with Crippen LogP contribution in [-0.2, 0) is 6.54 Å². The third-order valence-electron chi connectivity index (χ3n) is 2.03. The third-order valence-corrected chi connectivity index (χ3v) is 2.47. The molecule has 16 heavy (non-hydrogen) atoms. The molecule has 2 rings (SSSR count). The summed E-state index contributed by atoms with van der Waals surface area (Å²) < 4.78 is 0.924. The molecule has 82 valence electrons. The highest BCUT2D eigenvalue weighted by Gasteiger charge is 2.03. The summed E-state index contributed by atoms with van der Waals surface area (Å²) in [4.78, 5) is 12.8. The van der Waals surface area contributed by atoms with Gasteiger partial charge in [-0.05, 0) is 35.1 Å². The van der Waals surface area contributed by atoms with Gasteiger partial charge in [0.05, 0.1) is 5.69 Å². The van der Waals surface area contributed by atoms with Crippen LogP contribution >= 0.6 is 15.9 Å². The molecule has 2 heterocycles. The van der Waals surface area contributed by atoms with E-state index in [1.165, 1.54) is 0 Å². The van der Waals surface area contributed by atoms with E-state index in [2.05, 4.69) is 36.2 Å². The van der Waals surface area contributed by atoms with E-state index in [4.69, 9.17) is 0 Å². The minimum Gasteiger partial charge on any atom is -0.314 e. The Labute approximate surface area is 102 Å². The van der Waals surface area contributed by atoms with E-state index in [-0.39, 0.29) is 0 Å². The topological polar surface area (TPSA) is 50.7 Å². The molecule has 0 radical (unpaired) electrons. The second-order valence-electron chi connectivity index (χ2n) is 3.29. The standard InChI is InChI=1S/C11H11BrN4/c1-13-7-10-2-3-15-11(16-10)8-4-9(12)6-14-5-8/h2-6,13H,7H2,1H3. The average molecular weight is 279 g/mol. The SMILES string of the molecule is CNCc1ccnc(-c2cncc(Br)c2)n1. The lowest BCUT2D eigenvalue weighted by Gasteiger charge is -2.03. The minimum absolute atomic E-state index is 0.696. The van der Waals surface area contributed by atoms with Crippen molar-refractivity contribution >= 4 is 15.9 Å². The molecule has 2 aromatic rings. The predicted octanol–water partition coefficient (Wildman–Crippen LogP) is 2.02. The first kappa shape index (κ1) is 11.2. The molecular formula is C11H11BrN4. The Bertz CT molecular complexity index is 487. The molecule has 4 nitrogen and oxygen atoms in total. The average Bonchev–Trinajstić information content (AvgIpc) is 2.30. The van der Waals surface area contributed by atoms with Crippen LogP contribution in [0.4, 0.5) is 0 Å². The first-order chi connectivity index (χ1) is 7.79. The third kappa shape index (κ3) is 2.62. The summed E-state index contributed by atoms with van der Waals surface area (Å²) in [5.41, 5.74) is 1.87. The molecule has 0 aliphatic rings. The first-order valence-electron chi connectivity index (χ1n) is 4.87. The maximum atomic E-state index is 4.44. The molecule has 0 aromatic carbocycles. The largest absolute Gasteiger partial charge is 0.314 e. The summed E-state index contributed by atoms with van der Waals surface area (Å²) in [6, 6.07) is 3.84. The van der Waals surface area contributed by atoms with Gasteiger partial charge in [0.2, 0.25) is 0 Å². The number of hydrogen-bond donors (Lipinski definition) is 1. The number of hydrogen-bond acceptors (Lipinski definition) is 4. The fourth-order valence-corrected chi connectivity index (χ4v) is 1.71. The molecule has 0 atom stereocenters. The van der Waals surface area contributed by atoms with Gasteiger partial charge in [0.1, 0.15) is 0 Å². The molecular weight excluding hydrogens is 268 g/mol. The van der Waals surface area contributed by atoms with Gasteiger partial charge in [-0.1, -0.05) is 0 Å². The van der Waals surface area contributed by atoms with E-state index < -0.39 is 0 Å². The van der Waals surface area contributed by atoms with Gasteiger partial charge in [-0.25, -0.2) is 9.97 Å². The lowest BCUT2D eigenvalue weighted by molar-refractivity contribution is 0.787. The molecule has 0 fully saturated rings. The highest BCUT2D eigenvalue weighted by molar-refractivity contribution is 9.10. The van der Waals surface area contributed by atoms with Gasteiger partial charge in [0.15, 0.2) is 5.82 Å². The highest BCUT2D eigenvalue weighted by Crippen LogP contribution is 2.17. The van der Waals surface area contributed by atoms with Crippen LogP contribution in [0, 0.1) is 0 Å². The Morgan fingerprint density at radius 3 is 3.00 bits per heavy atom. The van der Waals surface area contributed by atoms with E-state index in [1.54, 1.807) is 18.6 Å². The molecule has 0 amide bonds. The van der Waals surface area contributed by atoms with Crippen LogP contribution in [0.3, 0.4) is 0 Å². The van der Waals surface area contributed by atoms with Gasteiger partial charge in [0, 0.05) is 35.2 Å². The molecule has 0 unspecified atom stereocenters. The molecule has 2 aromatic heterocycles. The Morgan fingerprint density at radius 2 is 2.25 bits per heavy atom. The zero-order valence-electron chi connectivity index (χ0n) is 8.81. The van der Waals surface area contributed by atoms with Crippen molar-refractivity contribution in [2.24, 2.45) is 0 Å². The second kappa shape index (κ2) is 5.14. The summed E-state index contributed by atoms with van der Waals surface area (Å²) in [6.07, 6.45) is 5.25. The number of pyridine rings is 1. The lowest BCUT2D eigenvalue weighted by Crippen LogP contribution is -2.07. The van der Waals surface area contributed by atoms with E-state index in [0.29, 0.717) is 5.82 Å². The molecule has 0 aliphatic carbocycles. The Kier molecular flexibility index (Phi) is 3.58. The molecule has 0 bridgehead atoms. The van der Waals surface area contributed by atoms with Crippen LogP contribution in [-0.4, -0.2) is 22.0 Å². The molecule has 0 spiro atoms. The quantitative estimate of drug-likeness (QED) is 0.933. The van der Waals surface area contributed by atoms with Crippen LogP contribution in [0.2, 0.25) is 0 Å². The van der Waals surface area contributed by atoms with E-state index >= 15 is 0 Å². The van der Waals surface area contributed by atoms with Crippen molar-refractivity contribution in [3.05, 3.63) is 40.9 Å². The summed E-state index contributed by atoms with van der Waals surface area (Å²) in [7, 11) is 1.89. The van der Waals surface area contributed by atoms with E-state index in [1.807, 2.05) is 19.2 Å². The highest BCUT2D eigenvalue weighted by atomic mass is 79.9. The summed E-state index contributed by atoms with van der Waals surface area (Å²) in [6.45, 7) is 0.733. The molecule has 0 saturated heterocycles. The number of rotatable bonds is 3. The second-order valence-corrected chi connectivity index (χ2v) is 4.21. The van der Waals surface area contributed by atoms with Crippen LogP contribution < -0.4 is 5.32 Å². The minimum atomic E-state index is 0.696. The zero-order valence-corrected chi connectivity index (χ0v) is 10.4. The van der Waals surface area contributed by atoms with Crippen molar-refractivity contribution in [2.45, 2.75) is 6.54 Å². The summed E-state index contributed by atoms with van der Waals surface area (Å²) >= 11 is 3.38. The number of nitrogens with zero attached hydrogens (tertiary/aromatic N) is 3. The normalized spacial score (nSPS) is 10.4. The van der Waals surface area contributed by atoms with Crippen LogP contribution in [0.15, 0.2) is 35.2 Å². The van der Waals surface area contributed by atoms with Crippen LogP contribution in [0.1, 0.15) is 5.69 Å². The first-order valence-corrected chi connectivity index (χ1v) is 5.66. The van der Waals surface area contributed by atoms with Crippen LogP contribution in [0.5, 0.6) is 0 Å². The van der Waals surface area contributed by atoms with Crippen molar-refractivity contribution < 1.29 is 0 Å². The number of halogens is 1. The Morgan fingerprint density at radius 1 is 1.38 bits per heavy atom. The summed E-state index contributed by atoms with van der Waals surface area (Å²) in [5, 5.41) is 3.06. The number of aromatic nitrogens is 3. The smallest absolute Gasteiger partial charge is 0.161 e. The molecule has 0 saturated carbocycles. The van der Waals surface area contributed by atoms with Crippen molar-refractivity contribution in [1.29, 1.82) is 0 Å². The van der Waals surface area contributed by atoms with Gasteiger partial charge in [-0.2, -0.15) is 0 Å². The predicted molar refractivity (Wildman–Crippen MR) is 65.7 cm³/mol. The molecule has 5 heteroatoms. The van der Waals surface area contributed by atoms with E-state index in [9.17, 15) is 0 Å². The van der Waals surface area contributed by atoms with Gasteiger partial charge in [-0.3, -0.25) is 4.98 Å².